The molecule has 54 heavy (non-hydrogen) atoms. The number of nitrogens with one attached hydrogen (secondary N) is 1. The van der Waals surface area contributed by atoms with Crippen molar-refractivity contribution in [3.8, 4) is 11.4 Å². The Morgan fingerprint density at radius 1 is 0.907 bits per heavy atom. The topological polar surface area (TPSA) is 178 Å². The van der Waals surface area contributed by atoms with E-state index in [2.05, 4.69) is 27.8 Å². The molecule has 0 spiro atoms. The number of phenolic OH excluding ortho intramolecular Hbond substituents is 1. The van der Waals surface area contributed by atoms with Crippen molar-refractivity contribution in [3.63, 3.8) is 0 Å². The maximum absolute atomic E-state index is 13.1. The summed E-state index contributed by atoms with van der Waals surface area (Å²) >= 11 is 1.44. The number of imide groups is 1. The van der Waals surface area contributed by atoms with E-state index < -0.39 is 30.2 Å². The Morgan fingerprint density at radius 2 is 1.61 bits per heavy atom. The molecule has 4 aromatic carbocycles. The molecule has 5 atom stereocenters. The summed E-state index contributed by atoms with van der Waals surface area (Å²) in [7, 11) is 0. The highest BCUT2D eigenvalue weighted by molar-refractivity contribution is 7.99. The van der Waals surface area contributed by atoms with Gasteiger partial charge in [0.1, 0.15) is 18.4 Å². The molecule has 3 N–H and O–H groups in total. The molecule has 0 bridgehead atoms. The number of phenols is 1. The number of benzene rings is 4. The highest BCUT2D eigenvalue weighted by Crippen LogP contribution is 2.43. The van der Waals surface area contributed by atoms with Crippen molar-refractivity contribution >= 4 is 29.7 Å². The molecule has 14 nitrogen and oxygen atoms in total. The Morgan fingerprint density at radius 3 is 2.33 bits per heavy atom. The van der Waals surface area contributed by atoms with E-state index in [-0.39, 0.29) is 50.1 Å². The number of hydrogen-bond acceptors (Lipinski definition) is 12. The van der Waals surface area contributed by atoms with Gasteiger partial charge in [-0.1, -0.05) is 97.5 Å². The van der Waals surface area contributed by atoms with Gasteiger partial charge in [-0.05, 0) is 56.9 Å². The van der Waals surface area contributed by atoms with Crippen molar-refractivity contribution in [2.24, 2.45) is 5.92 Å². The SMILES string of the molecule is CC1C(CSc2nnnn2-c2ccc(O)cc2)OC(c2ccc(CN3C(=O)CC(NC(=O)OCc4ccccc4)C3=O)cc2)OC1c1ccc(CO)cc1. The average molecular weight is 751 g/mol. The van der Waals surface area contributed by atoms with Crippen LogP contribution in [-0.4, -0.2) is 71.1 Å². The second-order valence-corrected chi connectivity index (χ2v) is 14.0. The fourth-order valence-electron chi connectivity index (χ4n) is 6.32. The Hall–Kier alpha value is -5.61. The van der Waals surface area contributed by atoms with E-state index in [1.54, 1.807) is 28.9 Å². The minimum atomic E-state index is -1.00. The van der Waals surface area contributed by atoms with Crippen LogP contribution in [0.3, 0.4) is 0 Å². The first-order chi connectivity index (χ1) is 26.2. The molecule has 2 saturated heterocycles. The number of carbonyl (C=O) groups excluding carboxylic acids is 3. The van der Waals surface area contributed by atoms with Crippen molar-refractivity contribution < 1.29 is 38.8 Å². The molecule has 278 valence electrons. The number of aromatic hydroxyl groups is 1. The van der Waals surface area contributed by atoms with E-state index in [1.807, 2.05) is 78.9 Å². The lowest BCUT2D eigenvalue weighted by Crippen LogP contribution is -2.41. The predicted octanol–water partition coefficient (Wildman–Crippen LogP) is 5.00. The van der Waals surface area contributed by atoms with Gasteiger partial charge >= 0.3 is 6.09 Å². The van der Waals surface area contributed by atoms with Gasteiger partial charge in [0.2, 0.25) is 11.1 Å². The molecule has 3 heterocycles. The third-order valence-corrected chi connectivity index (χ3v) is 10.4. The first kappa shape index (κ1) is 36.7. The zero-order valence-electron chi connectivity index (χ0n) is 29.2. The van der Waals surface area contributed by atoms with Crippen molar-refractivity contribution in [1.29, 1.82) is 0 Å². The van der Waals surface area contributed by atoms with Crippen LogP contribution >= 0.6 is 11.8 Å². The fraction of sp³-hybridized carbons (Fsp3) is 0.282. The summed E-state index contributed by atoms with van der Waals surface area (Å²) in [6.07, 6.45) is -2.32. The molecule has 0 radical (unpaired) electrons. The van der Waals surface area contributed by atoms with Crippen LogP contribution in [0.5, 0.6) is 5.75 Å². The quantitative estimate of drug-likeness (QED) is 0.115. The number of aromatic nitrogens is 4. The number of aliphatic hydroxyl groups is 1. The molecule has 5 unspecified atom stereocenters. The van der Waals surface area contributed by atoms with E-state index in [9.17, 15) is 24.6 Å². The molecular formula is C39H38N6O8S. The smallest absolute Gasteiger partial charge is 0.408 e. The van der Waals surface area contributed by atoms with Crippen LogP contribution in [0, 0.1) is 5.92 Å². The summed E-state index contributed by atoms with van der Waals surface area (Å²) in [4.78, 5) is 39.5. The Bertz CT molecular complexity index is 2060. The van der Waals surface area contributed by atoms with Crippen molar-refractivity contribution in [2.75, 3.05) is 5.75 Å². The predicted molar refractivity (Wildman–Crippen MR) is 195 cm³/mol. The molecular weight excluding hydrogens is 713 g/mol. The average Bonchev–Trinajstić information content (AvgIpc) is 3.77. The lowest BCUT2D eigenvalue weighted by molar-refractivity contribution is -0.268. The molecule has 2 fully saturated rings. The van der Waals surface area contributed by atoms with Crippen LogP contribution in [-0.2, 0) is 43.6 Å². The van der Waals surface area contributed by atoms with Gasteiger partial charge in [0.25, 0.3) is 5.91 Å². The number of aliphatic hydroxyl groups excluding tert-OH is 1. The van der Waals surface area contributed by atoms with Gasteiger partial charge in [0.05, 0.1) is 37.5 Å². The second-order valence-electron chi connectivity index (χ2n) is 13.0. The van der Waals surface area contributed by atoms with Gasteiger partial charge in [-0.25, -0.2) is 4.79 Å². The van der Waals surface area contributed by atoms with Gasteiger partial charge < -0.3 is 29.7 Å². The molecule has 0 aliphatic carbocycles. The largest absolute Gasteiger partial charge is 0.508 e. The number of nitrogens with zero attached hydrogens (tertiary/aromatic N) is 5. The second kappa shape index (κ2) is 16.6. The fourth-order valence-corrected chi connectivity index (χ4v) is 7.38. The maximum Gasteiger partial charge on any atom is 0.408 e. The van der Waals surface area contributed by atoms with Crippen molar-refractivity contribution in [2.45, 2.75) is 62.8 Å². The van der Waals surface area contributed by atoms with E-state index in [4.69, 9.17) is 14.2 Å². The summed E-state index contributed by atoms with van der Waals surface area (Å²) in [5.41, 5.74) is 4.68. The number of ether oxygens (including phenoxy) is 3. The summed E-state index contributed by atoms with van der Waals surface area (Å²) in [5, 5.41) is 34.6. The number of alkyl carbamates (subject to hydrolysis) is 1. The van der Waals surface area contributed by atoms with Crippen LogP contribution in [0.1, 0.15) is 53.6 Å². The van der Waals surface area contributed by atoms with Gasteiger partial charge in [0.15, 0.2) is 6.29 Å². The Labute approximate surface area is 315 Å². The number of hydrogen-bond donors (Lipinski definition) is 3. The summed E-state index contributed by atoms with van der Waals surface area (Å²) in [5.74, 6) is -0.342. The zero-order chi connectivity index (χ0) is 37.6. The van der Waals surface area contributed by atoms with E-state index in [0.29, 0.717) is 22.2 Å². The number of thioether (sulfide) groups is 1. The summed E-state index contributed by atoms with van der Waals surface area (Å²) < 4.78 is 20.0. The summed E-state index contributed by atoms with van der Waals surface area (Å²) in [6, 6.07) is 29.7. The monoisotopic (exact) mass is 750 g/mol. The maximum atomic E-state index is 13.1. The third kappa shape index (κ3) is 8.44. The van der Waals surface area contributed by atoms with Gasteiger partial charge in [-0.15, -0.1) is 5.10 Å². The van der Waals surface area contributed by atoms with Gasteiger partial charge in [0, 0.05) is 17.2 Å². The number of rotatable bonds is 12. The van der Waals surface area contributed by atoms with Crippen LogP contribution in [0.25, 0.3) is 5.69 Å². The minimum absolute atomic E-state index is 0.0352. The standard InChI is InChI=1S/C39H38N6O8S/c1-24-33(23-54-38-41-42-43-45(38)30-15-17-31(47)18-16-30)52-37(53-35(24)28-11-9-26(21-46)10-12-28)29-13-7-25(8-14-29)20-44-34(48)19-32(36(44)49)40-39(50)51-22-27-5-3-2-4-6-27/h2-18,24,32-33,35,37,46-47H,19-23H2,1H3,(H,40,50). The highest BCUT2D eigenvalue weighted by Gasteiger charge is 2.41. The van der Waals surface area contributed by atoms with Crippen LogP contribution in [0.15, 0.2) is 108 Å². The van der Waals surface area contributed by atoms with Gasteiger partial charge in [-0.3, -0.25) is 14.5 Å². The number of likely N-dealkylation sites (tertiary alicyclic amines) is 1. The lowest BCUT2D eigenvalue weighted by Gasteiger charge is -2.41. The number of carbonyl (C=O) groups is 3. The molecule has 2 aliphatic heterocycles. The Balaban J connectivity index is 1.02. The molecule has 7 rings (SSSR count). The normalized spacial score (nSPS) is 21.3. The molecule has 5 aromatic rings. The van der Waals surface area contributed by atoms with Crippen LogP contribution in [0.2, 0.25) is 0 Å². The van der Waals surface area contributed by atoms with Crippen molar-refractivity contribution in [1.82, 2.24) is 30.4 Å². The van der Waals surface area contributed by atoms with E-state index in [0.717, 1.165) is 27.2 Å². The summed E-state index contributed by atoms with van der Waals surface area (Å²) in [6.45, 7) is 2.07. The molecule has 3 amide bonds. The molecule has 1 aromatic heterocycles. The highest BCUT2D eigenvalue weighted by atomic mass is 32.2. The zero-order valence-corrected chi connectivity index (χ0v) is 30.0. The molecule has 15 heteroatoms. The minimum Gasteiger partial charge on any atom is -0.508 e. The van der Waals surface area contributed by atoms with Crippen LogP contribution in [0.4, 0.5) is 4.79 Å². The van der Waals surface area contributed by atoms with Crippen molar-refractivity contribution in [3.05, 3.63) is 131 Å². The Kier molecular flexibility index (Phi) is 11.3. The first-order valence-corrected chi connectivity index (χ1v) is 18.4. The third-order valence-electron chi connectivity index (χ3n) is 9.38. The van der Waals surface area contributed by atoms with Gasteiger partial charge in [-0.2, -0.15) is 4.68 Å². The molecule has 0 saturated carbocycles. The lowest BCUT2D eigenvalue weighted by atomic mass is 9.91. The molecule has 2 aliphatic rings. The number of tetrazole rings is 1. The van der Waals surface area contributed by atoms with E-state index >= 15 is 0 Å². The number of amides is 3. The van der Waals surface area contributed by atoms with Crippen LogP contribution < -0.4 is 5.32 Å². The van der Waals surface area contributed by atoms with E-state index in [1.165, 1.54) is 11.8 Å². The first-order valence-electron chi connectivity index (χ1n) is 17.4.